The quantitative estimate of drug-likeness (QED) is 0.379. The van der Waals surface area contributed by atoms with Gasteiger partial charge in [-0.05, 0) is 44.4 Å². The third-order valence-electron chi connectivity index (χ3n) is 5.00. The summed E-state index contributed by atoms with van der Waals surface area (Å²) < 4.78 is 10.2. The minimum absolute atomic E-state index is 0.146. The second-order valence-corrected chi connectivity index (χ2v) is 7.27. The molecule has 0 aromatic heterocycles. The van der Waals surface area contributed by atoms with Crippen molar-refractivity contribution in [2.24, 2.45) is 5.92 Å². The second-order valence-electron chi connectivity index (χ2n) is 7.27. The number of benzene rings is 1. The summed E-state index contributed by atoms with van der Waals surface area (Å²) in [6.07, 6.45) is 2.70. The van der Waals surface area contributed by atoms with Crippen LogP contribution in [-0.2, 0) is 14.3 Å². The van der Waals surface area contributed by atoms with E-state index in [-0.39, 0.29) is 11.9 Å². The van der Waals surface area contributed by atoms with Crippen molar-refractivity contribution < 1.29 is 24.2 Å². The molecule has 7 heteroatoms. The van der Waals surface area contributed by atoms with Crippen molar-refractivity contribution in [3.05, 3.63) is 29.3 Å². The molecule has 28 heavy (non-hydrogen) atoms. The maximum atomic E-state index is 12.2. The van der Waals surface area contributed by atoms with E-state index in [0.29, 0.717) is 30.9 Å². The number of esters is 2. The molecule has 1 heterocycles. The number of nitrogens with one attached hydrogen (secondary N) is 1. The summed E-state index contributed by atoms with van der Waals surface area (Å²) in [5, 5.41) is 13.6. The first kappa shape index (κ1) is 22.2. The number of hydrogen-bond acceptors (Lipinski definition) is 7. The Morgan fingerprint density at radius 3 is 2.89 bits per heavy atom. The van der Waals surface area contributed by atoms with E-state index < -0.39 is 12.2 Å². The smallest absolute Gasteiger partial charge is 0.339 e. The fraction of sp³-hybridized carbons (Fsp3) is 0.619. The highest BCUT2D eigenvalue weighted by molar-refractivity contribution is 5.96. The lowest BCUT2D eigenvalue weighted by atomic mass is 9.98. The number of methoxy groups -OCH3 is 1. The Labute approximate surface area is 167 Å². The molecule has 0 radical (unpaired) electrons. The number of anilines is 1. The Morgan fingerprint density at radius 2 is 2.18 bits per heavy atom. The number of likely N-dealkylation sites (tertiary alicyclic amines) is 1. The van der Waals surface area contributed by atoms with Gasteiger partial charge in [-0.3, -0.25) is 9.69 Å². The van der Waals surface area contributed by atoms with Gasteiger partial charge in [0, 0.05) is 13.1 Å². The molecule has 0 bridgehead atoms. The zero-order valence-electron chi connectivity index (χ0n) is 17.1. The highest BCUT2D eigenvalue weighted by atomic mass is 16.5. The summed E-state index contributed by atoms with van der Waals surface area (Å²) in [5.74, 6) is -0.749. The number of ether oxygens (including phenoxy) is 2. The molecule has 1 aromatic rings. The monoisotopic (exact) mass is 392 g/mol. The predicted molar refractivity (Wildman–Crippen MR) is 107 cm³/mol. The minimum Gasteiger partial charge on any atom is -0.465 e. The molecule has 2 rings (SSSR count). The fourth-order valence-electron chi connectivity index (χ4n) is 3.44. The number of carbonyl (C=O) groups excluding carboxylic acids is 2. The van der Waals surface area contributed by atoms with Crippen LogP contribution in [0.15, 0.2) is 18.2 Å². The van der Waals surface area contributed by atoms with Gasteiger partial charge in [-0.1, -0.05) is 25.5 Å². The SMILES string of the molecule is CCCCOC(=O)C1CCCN(CC(O)Nc2c(C)cccc2C(=O)OC)C1. The summed E-state index contributed by atoms with van der Waals surface area (Å²) >= 11 is 0. The number of aliphatic hydroxyl groups is 1. The van der Waals surface area contributed by atoms with Crippen LogP contribution in [0.2, 0.25) is 0 Å². The second kappa shape index (κ2) is 11.0. The van der Waals surface area contributed by atoms with Crippen molar-refractivity contribution in [2.75, 3.05) is 38.7 Å². The molecular weight excluding hydrogens is 360 g/mol. The number of hydrogen-bond donors (Lipinski definition) is 2. The number of unbranched alkanes of at least 4 members (excludes halogenated alkanes) is 1. The molecule has 156 valence electrons. The topological polar surface area (TPSA) is 88.1 Å². The third-order valence-corrected chi connectivity index (χ3v) is 5.00. The van der Waals surface area contributed by atoms with Gasteiger partial charge < -0.3 is 19.9 Å². The van der Waals surface area contributed by atoms with E-state index in [9.17, 15) is 14.7 Å². The third kappa shape index (κ3) is 6.21. The maximum Gasteiger partial charge on any atom is 0.339 e. The van der Waals surface area contributed by atoms with Gasteiger partial charge in [0.15, 0.2) is 0 Å². The number of rotatable bonds is 9. The standard InChI is InChI=1S/C21H32N2O5/c1-4-5-12-28-20(25)16-9-7-11-23(13-16)14-18(24)22-19-15(2)8-6-10-17(19)21(26)27-3/h6,8,10,16,18,22,24H,4-5,7,9,11-14H2,1-3H3. The van der Waals surface area contributed by atoms with Crippen molar-refractivity contribution in [2.45, 2.75) is 45.8 Å². The molecule has 2 atom stereocenters. The molecule has 7 nitrogen and oxygen atoms in total. The van der Waals surface area contributed by atoms with Crippen LogP contribution < -0.4 is 5.32 Å². The number of nitrogens with zero attached hydrogens (tertiary/aromatic N) is 1. The Morgan fingerprint density at radius 1 is 1.39 bits per heavy atom. The van der Waals surface area contributed by atoms with Crippen molar-refractivity contribution in [1.82, 2.24) is 4.90 Å². The molecule has 1 saturated heterocycles. The first-order valence-electron chi connectivity index (χ1n) is 9.97. The number of β-amino-alcohol motifs (C(OH)–C–C–N with tert-alkyl or cyclic N) is 1. The Balaban J connectivity index is 1.93. The van der Waals surface area contributed by atoms with Gasteiger partial charge in [-0.25, -0.2) is 4.79 Å². The zero-order chi connectivity index (χ0) is 20.5. The minimum atomic E-state index is -0.876. The van der Waals surface area contributed by atoms with Gasteiger partial charge in [-0.15, -0.1) is 0 Å². The van der Waals surface area contributed by atoms with Crippen LogP contribution in [-0.4, -0.2) is 61.5 Å². The number of aryl methyl sites for hydroxylation is 1. The molecular formula is C21H32N2O5. The van der Waals surface area contributed by atoms with Gasteiger partial charge in [-0.2, -0.15) is 0 Å². The van der Waals surface area contributed by atoms with E-state index in [1.165, 1.54) is 7.11 Å². The lowest BCUT2D eigenvalue weighted by Crippen LogP contribution is -2.44. The van der Waals surface area contributed by atoms with Crippen LogP contribution in [0.4, 0.5) is 5.69 Å². The molecule has 2 unspecified atom stereocenters. The normalized spacial score (nSPS) is 18.4. The number of piperidine rings is 1. The molecule has 0 amide bonds. The van der Waals surface area contributed by atoms with Crippen molar-refractivity contribution in [3.8, 4) is 0 Å². The summed E-state index contributed by atoms with van der Waals surface area (Å²) in [5.41, 5.74) is 1.80. The van der Waals surface area contributed by atoms with Gasteiger partial charge in [0.2, 0.25) is 0 Å². The Kier molecular flexibility index (Phi) is 8.73. The predicted octanol–water partition coefficient (Wildman–Crippen LogP) is 2.57. The highest BCUT2D eigenvalue weighted by Crippen LogP contribution is 2.23. The molecule has 1 aliphatic heterocycles. The van der Waals surface area contributed by atoms with Gasteiger partial charge in [0.25, 0.3) is 0 Å². The van der Waals surface area contributed by atoms with E-state index in [1.807, 2.05) is 13.0 Å². The number of carbonyl (C=O) groups is 2. The van der Waals surface area contributed by atoms with Crippen LogP contribution in [0, 0.1) is 12.8 Å². The molecule has 0 aliphatic carbocycles. The average Bonchev–Trinajstić information content (AvgIpc) is 2.69. The van der Waals surface area contributed by atoms with Crippen LogP contribution in [0.1, 0.15) is 48.5 Å². The first-order chi connectivity index (χ1) is 13.5. The van der Waals surface area contributed by atoms with E-state index in [2.05, 4.69) is 17.1 Å². The molecule has 1 fully saturated rings. The van der Waals surface area contributed by atoms with Gasteiger partial charge in [0.05, 0.1) is 30.9 Å². The van der Waals surface area contributed by atoms with E-state index in [4.69, 9.17) is 9.47 Å². The average molecular weight is 392 g/mol. The van der Waals surface area contributed by atoms with Gasteiger partial charge in [0.1, 0.15) is 6.23 Å². The van der Waals surface area contributed by atoms with Crippen LogP contribution in [0.25, 0.3) is 0 Å². The van der Waals surface area contributed by atoms with E-state index in [1.54, 1.807) is 12.1 Å². The van der Waals surface area contributed by atoms with E-state index in [0.717, 1.165) is 37.8 Å². The molecule has 0 spiro atoms. The largest absolute Gasteiger partial charge is 0.465 e. The van der Waals surface area contributed by atoms with Gasteiger partial charge >= 0.3 is 11.9 Å². The first-order valence-corrected chi connectivity index (χ1v) is 9.97. The van der Waals surface area contributed by atoms with Crippen LogP contribution in [0.3, 0.4) is 0 Å². The Bertz CT molecular complexity index is 664. The molecule has 2 N–H and O–H groups in total. The van der Waals surface area contributed by atoms with Crippen LogP contribution in [0.5, 0.6) is 0 Å². The summed E-state index contributed by atoms with van der Waals surface area (Å²) in [7, 11) is 1.33. The van der Waals surface area contributed by atoms with Crippen molar-refractivity contribution >= 4 is 17.6 Å². The summed E-state index contributed by atoms with van der Waals surface area (Å²) in [6.45, 7) is 6.14. The van der Waals surface area contributed by atoms with Crippen molar-refractivity contribution in [1.29, 1.82) is 0 Å². The molecule has 1 aliphatic rings. The number of para-hydroxylation sites is 1. The lowest BCUT2D eigenvalue weighted by molar-refractivity contribution is -0.150. The molecule has 0 saturated carbocycles. The summed E-state index contributed by atoms with van der Waals surface area (Å²) in [4.78, 5) is 26.3. The molecule has 1 aromatic carbocycles. The van der Waals surface area contributed by atoms with Crippen LogP contribution >= 0.6 is 0 Å². The fourth-order valence-corrected chi connectivity index (χ4v) is 3.44. The maximum absolute atomic E-state index is 12.2. The van der Waals surface area contributed by atoms with Crippen molar-refractivity contribution in [3.63, 3.8) is 0 Å². The zero-order valence-corrected chi connectivity index (χ0v) is 17.1. The summed E-state index contributed by atoms with van der Waals surface area (Å²) in [6, 6.07) is 5.31. The highest BCUT2D eigenvalue weighted by Gasteiger charge is 2.28. The number of aliphatic hydroxyl groups excluding tert-OH is 1. The Hall–Kier alpha value is -2.12. The lowest BCUT2D eigenvalue weighted by Gasteiger charge is -2.33. The van der Waals surface area contributed by atoms with E-state index >= 15 is 0 Å².